The van der Waals surface area contributed by atoms with Crippen LogP contribution in [0.3, 0.4) is 0 Å². The van der Waals surface area contributed by atoms with Crippen molar-refractivity contribution in [2.75, 3.05) is 26.2 Å². The lowest BCUT2D eigenvalue weighted by atomic mass is 9.98. The fourth-order valence-electron chi connectivity index (χ4n) is 2.95. The van der Waals surface area contributed by atoms with E-state index in [0.29, 0.717) is 0 Å². The van der Waals surface area contributed by atoms with Gasteiger partial charge in [0.2, 0.25) is 0 Å². The van der Waals surface area contributed by atoms with Gasteiger partial charge in [0.25, 0.3) is 0 Å². The van der Waals surface area contributed by atoms with Crippen molar-refractivity contribution in [3.8, 4) is 0 Å². The second-order valence-corrected chi connectivity index (χ2v) is 5.98. The third kappa shape index (κ3) is 4.57. The molecular formula is C17H27FN2. The molecule has 1 fully saturated rings. The zero-order chi connectivity index (χ0) is 14.4. The van der Waals surface area contributed by atoms with Crippen molar-refractivity contribution < 1.29 is 4.39 Å². The Morgan fingerprint density at radius 2 is 2.10 bits per heavy atom. The summed E-state index contributed by atoms with van der Waals surface area (Å²) >= 11 is 0. The Bertz CT molecular complexity index is 400. The molecule has 1 N–H and O–H groups in total. The molecule has 1 unspecified atom stereocenters. The smallest absolute Gasteiger partial charge is 0.123 e. The monoisotopic (exact) mass is 278 g/mol. The van der Waals surface area contributed by atoms with Crippen LogP contribution in [0.25, 0.3) is 0 Å². The summed E-state index contributed by atoms with van der Waals surface area (Å²) in [5.41, 5.74) is 1.07. The third-order valence-electron chi connectivity index (χ3n) is 4.31. The first-order valence-corrected chi connectivity index (χ1v) is 7.90. The van der Waals surface area contributed by atoms with Gasteiger partial charge in [0, 0.05) is 6.04 Å². The highest BCUT2D eigenvalue weighted by atomic mass is 19.1. The van der Waals surface area contributed by atoms with E-state index in [1.165, 1.54) is 32.0 Å². The molecule has 0 spiro atoms. The van der Waals surface area contributed by atoms with E-state index < -0.39 is 0 Å². The van der Waals surface area contributed by atoms with Gasteiger partial charge in [-0.25, -0.2) is 4.39 Å². The zero-order valence-electron chi connectivity index (χ0n) is 12.7. The summed E-state index contributed by atoms with van der Waals surface area (Å²) in [4.78, 5) is 2.55. The number of halogens is 1. The number of piperidine rings is 1. The highest BCUT2D eigenvalue weighted by molar-refractivity contribution is 5.20. The van der Waals surface area contributed by atoms with Crippen molar-refractivity contribution in [2.45, 2.75) is 39.2 Å². The molecule has 0 radical (unpaired) electrons. The minimum absolute atomic E-state index is 0.141. The first kappa shape index (κ1) is 15.5. The second-order valence-electron chi connectivity index (χ2n) is 5.98. The summed E-state index contributed by atoms with van der Waals surface area (Å²) in [6, 6.07) is 7.26. The van der Waals surface area contributed by atoms with Gasteiger partial charge < -0.3 is 10.2 Å². The molecule has 20 heavy (non-hydrogen) atoms. The van der Waals surface area contributed by atoms with Crippen LogP contribution in [-0.2, 0) is 0 Å². The van der Waals surface area contributed by atoms with Gasteiger partial charge >= 0.3 is 0 Å². The van der Waals surface area contributed by atoms with E-state index >= 15 is 0 Å². The Labute approximate surface area is 122 Å². The van der Waals surface area contributed by atoms with Crippen molar-refractivity contribution in [2.24, 2.45) is 5.92 Å². The average molecular weight is 278 g/mol. The molecule has 1 atom stereocenters. The molecule has 0 aromatic heterocycles. The lowest BCUT2D eigenvalue weighted by molar-refractivity contribution is 0.184. The maximum Gasteiger partial charge on any atom is 0.123 e. The van der Waals surface area contributed by atoms with Gasteiger partial charge in [-0.1, -0.05) is 26.0 Å². The van der Waals surface area contributed by atoms with Crippen LogP contribution in [0.15, 0.2) is 24.3 Å². The molecule has 1 aliphatic rings. The van der Waals surface area contributed by atoms with E-state index in [4.69, 9.17) is 0 Å². The van der Waals surface area contributed by atoms with Crippen LogP contribution in [0.1, 0.15) is 44.7 Å². The normalized spacial score (nSPS) is 19.1. The summed E-state index contributed by atoms with van der Waals surface area (Å²) in [7, 11) is 0. The standard InChI is InChI=1S/C17H27FN2/c1-3-19-17(15-5-4-6-16(18)13-15)9-12-20-10-7-14(2)8-11-20/h4-6,13-14,17,19H,3,7-12H2,1-2H3. The Morgan fingerprint density at radius 1 is 1.35 bits per heavy atom. The molecule has 2 nitrogen and oxygen atoms in total. The fourth-order valence-corrected chi connectivity index (χ4v) is 2.95. The SMILES string of the molecule is CCNC(CCN1CCC(C)CC1)c1cccc(F)c1. The van der Waals surface area contributed by atoms with E-state index in [2.05, 4.69) is 24.1 Å². The van der Waals surface area contributed by atoms with Crippen LogP contribution in [-0.4, -0.2) is 31.1 Å². The maximum absolute atomic E-state index is 13.4. The Balaban J connectivity index is 1.89. The molecule has 2 rings (SSSR count). The average Bonchev–Trinajstić information content (AvgIpc) is 2.45. The van der Waals surface area contributed by atoms with Crippen molar-refractivity contribution in [3.05, 3.63) is 35.6 Å². The number of likely N-dealkylation sites (tertiary alicyclic amines) is 1. The van der Waals surface area contributed by atoms with Gasteiger partial charge in [-0.3, -0.25) is 0 Å². The lowest BCUT2D eigenvalue weighted by Gasteiger charge is -2.31. The van der Waals surface area contributed by atoms with Crippen LogP contribution in [0.5, 0.6) is 0 Å². The predicted molar refractivity (Wildman–Crippen MR) is 82.3 cm³/mol. The maximum atomic E-state index is 13.4. The number of rotatable bonds is 6. The summed E-state index contributed by atoms with van der Waals surface area (Å²) in [5, 5.41) is 3.48. The number of nitrogens with one attached hydrogen (secondary N) is 1. The van der Waals surface area contributed by atoms with Crippen LogP contribution in [0.2, 0.25) is 0 Å². The van der Waals surface area contributed by atoms with Crippen LogP contribution in [0.4, 0.5) is 4.39 Å². The van der Waals surface area contributed by atoms with Crippen LogP contribution < -0.4 is 5.32 Å². The molecule has 0 amide bonds. The van der Waals surface area contributed by atoms with Gasteiger partial charge in [0.1, 0.15) is 5.82 Å². The molecular weight excluding hydrogens is 251 g/mol. The molecule has 0 bridgehead atoms. The first-order valence-electron chi connectivity index (χ1n) is 7.90. The van der Waals surface area contributed by atoms with Crippen molar-refractivity contribution in [1.29, 1.82) is 0 Å². The van der Waals surface area contributed by atoms with E-state index in [-0.39, 0.29) is 11.9 Å². The predicted octanol–water partition coefficient (Wildman–Crippen LogP) is 3.60. The second kappa shape index (κ2) is 7.75. The molecule has 1 aliphatic heterocycles. The molecule has 3 heteroatoms. The van der Waals surface area contributed by atoms with Crippen molar-refractivity contribution in [3.63, 3.8) is 0 Å². The van der Waals surface area contributed by atoms with E-state index in [0.717, 1.165) is 31.0 Å². The third-order valence-corrected chi connectivity index (χ3v) is 4.31. The Morgan fingerprint density at radius 3 is 2.75 bits per heavy atom. The fraction of sp³-hybridized carbons (Fsp3) is 0.647. The molecule has 1 aromatic carbocycles. The quantitative estimate of drug-likeness (QED) is 0.855. The minimum Gasteiger partial charge on any atom is -0.310 e. The zero-order valence-corrected chi connectivity index (χ0v) is 12.7. The van der Waals surface area contributed by atoms with Gasteiger partial charge in [0.15, 0.2) is 0 Å². The number of benzene rings is 1. The number of nitrogens with zero attached hydrogens (tertiary/aromatic N) is 1. The largest absolute Gasteiger partial charge is 0.310 e. The van der Waals surface area contributed by atoms with Crippen LogP contribution in [0, 0.1) is 11.7 Å². The van der Waals surface area contributed by atoms with E-state index in [1.807, 2.05) is 6.07 Å². The molecule has 0 saturated carbocycles. The minimum atomic E-state index is -0.141. The van der Waals surface area contributed by atoms with E-state index in [9.17, 15) is 4.39 Å². The topological polar surface area (TPSA) is 15.3 Å². The molecule has 1 aromatic rings. The van der Waals surface area contributed by atoms with Gasteiger partial charge in [-0.15, -0.1) is 0 Å². The van der Waals surface area contributed by atoms with Gasteiger partial charge in [-0.2, -0.15) is 0 Å². The molecule has 0 aliphatic carbocycles. The van der Waals surface area contributed by atoms with Crippen molar-refractivity contribution >= 4 is 0 Å². The first-order chi connectivity index (χ1) is 9.69. The summed E-state index contributed by atoms with van der Waals surface area (Å²) in [6.45, 7) is 8.88. The van der Waals surface area contributed by atoms with Gasteiger partial charge in [0.05, 0.1) is 0 Å². The van der Waals surface area contributed by atoms with E-state index in [1.54, 1.807) is 12.1 Å². The Hall–Kier alpha value is -0.930. The number of hydrogen-bond donors (Lipinski definition) is 1. The van der Waals surface area contributed by atoms with Crippen molar-refractivity contribution in [1.82, 2.24) is 10.2 Å². The summed E-state index contributed by atoms with van der Waals surface area (Å²) < 4.78 is 13.4. The summed E-state index contributed by atoms with van der Waals surface area (Å²) in [5.74, 6) is 0.733. The lowest BCUT2D eigenvalue weighted by Crippen LogP contribution is -2.35. The molecule has 1 saturated heterocycles. The highest BCUT2D eigenvalue weighted by Gasteiger charge is 2.17. The van der Waals surface area contributed by atoms with Crippen LogP contribution >= 0.6 is 0 Å². The molecule has 112 valence electrons. The van der Waals surface area contributed by atoms with Gasteiger partial charge in [-0.05, 0) is 69.1 Å². The summed E-state index contributed by atoms with van der Waals surface area (Å²) in [6.07, 6.45) is 3.67. The molecule has 1 heterocycles. The number of hydrogen-bond acceptors (Lipinski definition) is 2. The Kier molecular flexibility index (Phi) is 5.99. The highest BCUT2D eigenvalue weighted by Crippen LogP contribution is 2.21.